The number of nitrogens with two attached hydrogens (primary N) is 1. The number of aliphatic hydroxyl groups is 1. The summed E-state index contributed by atoms with van der Waals surface area (Å²) in [5.74, 6) is 1.93. The second kappa shape index (κ2) is 7.79. The van der Waals surface area contributed by atoms with Gasteiger partial charge < -0.3 is 20.5 Å². The smallest absolute Gasteiger partial charge is 0.232 e. The van der Waals surface area contributed by atoms with Crippen LogP contribution >= 0.6 is 0 Å². The molecule has 3 N–H and O–H groups in total. The summed E-state index contributed by atoms with van der Waals surface area (Å²) in [4.78, 5) is 6.63. The Hall–Kier alpha value is -1.33. The maximum absolute atomic E-state index is 10.5. The van der Waals surface area contributed by atoms with Crippen LogP contribution in [0.15, 0.2) is 28.9 Å². The number of rotatable bonds is 5. The molecule has 0 aromatic heterocycles. The van der Waals surface area contributed by atoms with Gasteiger partial charge in [-0.25, -0.2) is 4.99 Å². The third kappa shape index (κ3) is 4.34. The Kier molecular flexibility index (Phi) is 6.03. The summed E-state index contributed by atoms with van der Waals surface area (Å²) < 4.78 is 5.18. The number of likely N-dealkylation sites (N-methyl/N-ethyl adjacent to an activating group) is 1. The molecule has 2 aliphatic rings. The van der Waals surface area contributed by atoms with E-state index in [-0.39, 0.29) is 6.04 Å². The highest BCUT2D eigenvalue weighted by Crippen LogP contribution is 2.31. The van der Waals surface area contributed by atoms with Crippen molar-refractivity contribution in [3.63, 3.8) is 0 Å². The first-order valence-electron chi connectivity index (χ1n) is 8.14. The van der Waals surface area contributed by atoms with Crippen molar-refractivity contribution >= 4 is 5.90 Å². The van der Waals surface area contributed by atoms with Crippen molar-refractivity contribution in [3.05, 3.63) is 23.9 Å². The molecular weight excluding hydrogens is 278 g/mol. The average Bonchev–Trinajstić information content (AvgIpc) is 2.77. The number of aliphatic imine (C=N–C) groups is 1. The van der Waals surface area contributed by atoms with Crippen molar-refractivity contribution in [2.24, 2.45) is 22.6 Å². The van der Waals surface area contributed by atoms with Crippen LogP contribution in [-0.4, -0.2) is 55.3 Å². The fourth-order valence-corrected chi connectivity index (χ4v) is 3.38. The Morgan fingerprint density at radius 3 is 2.91 bits per heavy atom. The lowest BCUT2D eigenvalue weighted by Gasteiger charge is -2.27. The summed E-state index contributed by atoms with van der Waals surface area (Å²) in [6.07, 6.45) is 8.85. The van der Waals surface area contributed by atoms with E-state index in [1.807, 2.05) is 12.2 Å². The zero-order valence-corrected chi connectivity index (χ0v) is 13.9. The maximum Gasteiger partial charge on any atom is 0.232 e. The minimum atomic E-state index is -0.567. The number of hydrogen-bond acceptors (Lipinski definition) is 5. The molecule has 1 heterocycles. The summed E-state index contributed by atoms with van der Waals surface area (Å²) in [6, 6.07) is -0.323. The molecule has 1 aliphatic heterocycles. The fourth-order valence-electron chi connectivity index (χ4n) is 3.38. The van der Waals surface area contributed by atoms with Crippen molar-refractivity contribution in [2.75, 3.05) is 27.2 Å². The molecule has 4 atom stereocenters. The van der Waals surface area contributed by atoms with Crippen LogP contribution < -0.4 is 5.73 Å². The molecule has 5 heteroatoms. The first kappa shape index (κ1) is 17.0. The van der Waals surface area contributed by atoms with Gasteiger partial charge >= 0.3 is 0 Å². The first-order chi connectivity index (χ1) is 10.5. The number of allylic oxidation sites excluding steroid dienone is 2. The monoisotopic (exact) mass is 307 g/mol. The minimum absolute atomic E-state index is 0.323. The molecule has 0 aromatic carbocycles. The number of ether oxygens (including phenoxy) is 1. The molecular formula is C17H29N3O2. The predicted octanol–water partition coefficient (Wildman–Crippen LogP) is 1.54. The lowest BCUT2D eigenvalue weighted by molar-refractivity contribution is 0.104. The van der Waals surface area contributed by atoms with Gasteiger partial charge in [0.1, 0.15) is 0 Å². The van der Waals surface area contributed by atoms with Gasteiger partial charge in [-0.2, -0.15) is 0 Å². The highest BCUT2D eigenvalue weighted by atomic mass is 16.5. The van der Waals surface area contributed by atoms with Gasteiger partial charge in [0.05, 0.1) is 25.0 Å². The van der Waals surface area contributed by atoms with Gasteiger partial charge in [-0.05, 0) is 31.4 Å². The lowest BCUT2D eigenvalue weighted by atomic mass is 9.97. The molecule has 0 aromatic rings. The van der Waals surface area contributed by atoms with Crippen LogP contribution in [0.3, 0.4) is 0 Å². The van der Waals surface area contributed by atoms with Crippen LogP contribution in [0.25, 0.3) is 0 Å². The Labute approximate surface area is 133 Å². The van der Waals surface area contributed by atoms with E-state index in [1.54, 1.807) is 13.2 Å². The summed E-state index contributed by atoms with van der Waals surface area (Å²) in [5, 5.41) is 10.5. The first-order valence-corrected chi connectivity index (χ1v) is 8.14. The molecule has 0 spiro atoms. The minimum Gasteiger partial charge on any atom is -0.480 e. The van der Waals surface area contributed by atoms with Gasteiger partial charge in [0.25, 0.3) is 0 Å². The topological polar surface area (TPSA) is 71.1 Å². The van der Waals surface area contributed by atoms with Crippen LogP contribution in [0.2, 0.25) is 0 Å². The summed E-state index contributed by atoms with van der Waals surface area (Å²) >= 11 is 0. The maximum atomic E-state index is 10.5. The van der Waals surface area contributed by atoms with Gasteiger partial charge in [-0.1, -0.05) is 31.9 Å². The van der Waals surface area contributed by atoms with E-state index in [2.05, 4.69) is 23.9 Å². The van der Waals surface area contributed by atoms with Crippen LogP contribution in [0, 0.1) is 11.8 Å². The Bertz CT molecular complexity index is 459. The molecule has 5 nitrogen and oxygen atoms in total. The van der Waals surface area contributed by atoms with Crippen molar-refractivity contribution in [1.29, 1.82) is 0 Å². The molecule has 0 amide bonds. The van der Waals surface area contributed by atoms with Gasteiger partial charge in [0, 0.05) is 13.1 Å². The van der Waals surface area contributed by atoms with E-state index in [0.29, 0.717) is 18.1 Å². The van der Waals surface area contributed by atoms with E-state index in [0.717, 1.165) is 18.4 Å². The Morgan fingerprint density at radius 2 is 2.27 bits per heavy atom. The summed E-state index contributed by atoms with van der Waals surface area (Å²) in [7, 11) is 3.62. The standard InChI is InChI=1S/C17H29N3O2/c1-12-6-4-7-13(12)10-20(2)11-16(21)15-9-5-8-14(18)17(19-15)22-3/h5,8-9,12-13,15-16,21H,4,6-7,10-11,18H2,1-3H3. The normalized spacial score (nSPS) is 30.0. The van der Waals surface area contributed by atoms with Crippen LogP contribution in [0.5, 0.6) is 0 Å². The van der Waals surface area contributed by atoms with Gasteiger partial charge in [-0.3, -0.25) is 0 Å². The van der Waals surface area contributed by atoms with Crippen molar-refractivity contribution in [1.82, 2.24) is 4.90 Å². The highest BCUT2D eigenvalue weighted by molar-refractivity contribution is 5.93. The van der Waals surface area contributed by atoms with Gasteiger partial charge in [0.15, 0.2) is 0 Å². The molecule has 0 saturated heterocycles. The summed E-state index contributed by atoms with van der Waals surface area (Å²) in [6.45, 7) is 3.97. The molecule has 0 bridgehead atoms. The zero-order valence-electron chi connectivity index (χ0n) is 13.9. The molecule has 0 radical (unpaired) electrons. The van der Waals surface area contributed by atoms with Gasteiger partial charge in [0.2, 0.25) is 5.90 Å². The van der Waals surface area contributed by atoms with Crippen LogP contribution in [-0.2, 0) is 4.74 Å². The molecule has 4 unspecified atom stereocenters. The van der Waals surface area contributed by atoms with Crippen LogP contribution in [0.4, 0.5) is 0 Å². The van der Waals surface area contributed by atoms with Crippen molar-refractivity contribution in [2.45, 2.75) is 38.3 Å². The summed E-state index contributed by atoms with van der Waals surface area (Å²) in [5.41, 5.74) is 6.33. The average molecular weight is 307 g/mol. The third-order valence-corrected chi connectivity index (χ3v) is 4.77. The Morgan fingerprint density at radius 1 is 1.50 bits per heavy atom. The Balaban J connectivity index is 1.91. The molecule has 124 valence electrons. The number of nitrogens with zero attached hydrogens (tertiary/aromatic N) is 2. The van der Waals surface area contributed by atoms with E-state index >= 15 is 0 Å². The van der Waals surface area contributed by atoms with Crippen molar-refractivity contribution < 1.29 is 9.84 Å². The quantitative estimate of drug-likeness (QED) is 0.808. The number of hydrogen-bond donors (Lipinski definition) is 2. The molecule has 2 rings (SSSR count). The fraction of sp³-hybridized carbons (Fsp3) is 0.706. The lowest BCUT2D eigenvalue weighted by Crippen LogP contribution is -2.38. The van der Waals surface area contributed by atoms with Crippen molar-refractivity contribution in [3.8, 4) is 0 Å². The second-order valence-corrected chi connectivity index (χ2v) is 6.59. The van der Waals surface area contributed by atoms with Gasteiger partial charge in [-0.15, -0.1) is 0 Å². The van der Waals surface area contributed by atoms with E-state index in [4.69, 9.17) is 10.5 Å². The predicted molar refractivity (Wildman–Crippen MR) is 89.7 cm³/mol. The number of aliphatic hydroxyl groups excluding tert-OH is 1. The molecule has 1 fully saturated rings. The van der Waals surface area contributed by atoms with Crippen LogP contribution in [0.1, 0.15) is 26.2 Å². The largest absolute Gasteiger partial charge is 0.480 e. The van der Waals surface area contributed by atoms with E-state index < -0.39 is 6.10 Å². The molecule has 1 aliphatic carbocycles. The second-order valence-electron chi connectivity index (χ2n) is 6.59. The third-order valence-electron chi connectivity index (χ3n) is 4.77. The highest BCUT2D eigenvalue weighted by Gasteiger charge is 2.26. The SMILES string of the molecule is COC1=NC(C(O)CN(C)CC2CCCC2C)C=CC=C1N. The van der Waals surface area contributed by atoms with E-state index in [1.165, 1.54) is 19.3 Å². The van der Waals surface area contributed by atoms with E-state index in [9.17, 15) is 5.11 Å². The molecule has 1 saturated carbocycles. The zero-order chi connectivity index (χ0) is 16.1. The number of methoxy groups -OCH3 is 1. The molecule has 22 heavy (non-hydrogen) atoms.